The lowest BCUT2D eigenvalue weighted by molar-refractivity contribution is -0.120. The van der Waals surface area contributed by atoms with Gasteiger partial charge in [-0.1, -0.05) is 12.1 Å². The Morgan fingerprint density at radius 3 is 2.86 bits per heavy atom. The van der Waals surface area contributed by atoms with Crippen molar-refractivity contribution >= 4 is 17.6 Å². The van der Waals surface area contributed by atoms with Crippen molar-refractivity contribution in [1.29, 1.82) is 0 Å². The van der Waals surface area contributed by atoms with E-state index in [0.29, 0.717) is 23.6 Å². The number of halogens is 1. The van der Waals surface area contributed by atoms with Gasteiger partial charge in [-0.05, 0) is 48.9 Å². The number of nitrogens with one attached hydrogen (secondary N) is 1. The van der Waals surface area contributed by atoms with Crippen molar-refractivity contribution in [2.75, 3.05) is 38.7 Å². The highest BCUT2D eigenvalue weighted by molar-refractivity contribution is 6.00. The van der Waals surface area contributed by atoms with Crippen molar-refractivity contribution in [3.63, 3.8) is 0 Å². The second-order valence-corrected chi connectivity index (χ2v) is 9.23. The first-order valence-corrected chi connectivity index (χ1v) is 11.8. The maximum atomic E-state index is 13.4. The summed E-state index contributed by atoms with van der Waals surface area (Å²) in [5.74, 6) is 0.573. The van der Waals surface area contributed by atoms with E-state index < -0.39 is 12.1 Å². The Labute approximate surface area is 208 Å². The smallest absolute Gasteiger partial charge is 0.342 e. The fraction of sp³-hybridized carbons (Fsp3) is 0.346. The molecule has 0 aliphatic carbocycles. The van der Waals surface area contributed by atoms with E-state index in [9.17, 15) is 14.0 Å². The third-order valence-corrected chi connectivity index (χ3v) is 6.42. The van der Waals surface area contributed by atoms with Gasteiger partial charge < -0.3 is 24.6 Å². The summed E-state index contributed by atoms with van der Waals surface area (Å²) in [5, 5.41) is 6.80. The molecule has 2 amide bonds. The molecule has 3 heterocycles. The highest BCUT2D eigenvalue weighted by Crippen LogP contribution is 2.35. The number of aromatic nitrogens is 2. The van der Waals surface area contributed by atoms with Gasteiger partial charge >= 0.3 is 6.03 Å². The lowest BCUT2D eigenvalue weighted by Gasteiger charge is -2.21. The average molecular weight is 494 g/mol. The van der Waals surface area contributed by atoms with Gasteiger partial charge in [-0.2, -0.15) is 9.78 Å². The first kappa shape index (κ1) is 23.8. The molecule has 0 spiro atoms. The zero-order valence-corrected chi connectivity index (χ0v) is 20.2. The Kier molecular flexibility index (Phi) is 6.60. The van der Waals surface area contributed by atoms with E-state index in [1.54, 1.807) is 43.7 Å². The molecule has 9 nitrogen and oxygen atoms in total. The lowest BCUT2D eigenvalue weighted by Crippen LogP contribution is -2.50. The maximum Gasteiger partial charge on any atom is 0.342 e. The van der Waals surface area contributed by atoms with E-state index in [0.717, 1.165) is 35.3 Å². The monoisotopic (exact) mass is 493 g/mol. The first-order chi connectivity index (χ1) is 17.4. The Bertz CT molecular complexity index is 1280. The van der Waals surface area contributed by atoms with Crippen LogP contribution in [0, 0.1) is 5.82 Å². The van der Waals surface area contributed by atoms with E-state index in [2.05, 4.69) is 22.4 Å². The van der Waals surface area contributed by atoms with Crippen LogP contribution in [0.25, 0.3) is 0 Å². The zero-order valence-electron chi connectivity index (χ0n) is 20.2. The summed E-state index contributed by atoms with van der Waals surface area (Å²) in [7, 11) is 3.71. The second kappa shape index (κ2) is 9.98. The molecule has 36 heavy (non-hydrogen) atoms. The normalized spacial score (nSPS) is 20.0. The van der Waals surface area contributed by atoms with Gasteiger partial charge in [0, 0.05) is 38.8 Å². The SMILES string of the molecule is CN1CC[C@@H](Oc2ccc3c(c2)N(C)C(=O)[C@@H](NC(=O)n2cc(Cc4cccc(F)c4)cn2)CO3)C1. The number of nitrogens with zero attached hydrogens (tertiary/aromatic N) is 4. The molecule has 2 aliphatic rings. The number of fused-ring (bicyclic) bond motifs is 1. The van der Waals surface area contributed by atoms with Gasteiger partial charge in [-0.15, -0.1) is 0 Å². The molecule has 1 aromatic heterocycles. The van der Waals surface area contributed by atoms with Gasteiger partial charge in [0.25, 0.3) is 5.91 Å². The molecule has 1 fully saturated rings. The molecule has 1 saturated heterocycles. The number of amides is 2. The minimum atomic E-state index is -0.904. The van der Waals surface area contributed by atoms with Gasteiger partial charge in [0.2, 0.25) is 0 Å². The molecule has 0 unspecified atom stereocenters. The molecule has 2 aromatic carbocycles. The third kappa shape index (κ3) is 5.18. The topological polar surface area (TPSA) is 88.9 Å². The minimum Gasteiger partial charge on any atom is -0.489 e. The Morgan fingerprint density at radius 2 is 2.08 bits per heavy atom. The molecular formula is C26H28FN5O4. The van der Waals surface area contributed by atoms with Crippen molar-refractivity contribution < 1.29 is 23.5 Å². The minimum absolute atomic E-state index is 0.0209. The van der Waals surface area contributed by atoms with Crippen LogP contribution in [-0.4, -0.2) is 72.6 Å². The summed E-state index contributed by atoms with van der Waals surface area (Å²) in [6.07, 6.45) is 4.58. The molecule has 2 aliphatic heterocycles. The van der Waals surface area contributed by atoms with Crippen molar-refractivity contribution in [1.82, 2.24) is 20.0 Å². The number of hydrogen-bond acceptors (Lipinski definition) is 6. The number of benzene rings is 2. The largest absolute Gasteiger partial charge is 0.489 e. The summed E-state index contributed by atoms with van der Waals surface area (Å²) in [5.41, 5.74) is 2.09. The van der Waals surface area contributed by atoms with Crippen LogP contribution in [-0.2, 0) is 11.2 Å². The van der Waals surface area contributed by atoms with Crippen molar-refractivity contribution in [2.24, 2.45) is 0 Å². The average Bonchev–Trinajstić information content (AvgIpc) is 3.47. The summed E-state index contributed by atoms with van der Waals surface area (Å²) in [6, 6.07) is 10.2. The molecule has 188 valence electrons. The summed E-state index contributed by atoms with van der Waals surface area (Å²) in [4.78, 5) is 29.7. The number of likely N-dealkylation sites (N-methyl/N-ethyl adjacent to an activating group) is 2. The quantitative estimate of drug-likeness (QED) is 0.588. The number of rotatable bonds is 5. The van der Waals surface area contributed by atoms with Crippen LogP contribution >= 0.6 is 0 Å². The Hall–Kier alpha value is -3.92. The number of hydrogen-bond donors (Lipinski definition) is 1. The fourth-order valence-corrected chi connectivity index (χ4v) is 4.50. The zero-order chi connectivity index (χ0) is 25.2. The highest BCUT2D eigenvalue weighted by atomic mass is 19.1. The predicted molar refractivity (Wildman–Crippen MR) is 131 cm³/mol. The van der Waals surface area contributed by atoms with Crippen LogP contribution in [0.15, 0.2) is 54.9 Å². The van der Waals surface area contributed by atoms with Crippen LogP contribution in [0.5, 0.6) is 11.5 Å². The molecule has 0 bridgehead atoms. The van der Waals surface area contributed by atoms with Crippen LogP contribution in [0.2, 0.25) is 0 Å². The molecule has 0 saturated carbocycles. The van der Waals surface area contributed by atoms with Gasteiger partial charge in [0.1, 0.15) is 36.1 Å². The number of likely N-dealkylation sites (tertiary alicyclic amines) is 1. The maximum absolute atomic E-state index is 13.4. The summed E-state index contributed by atoms with van der Waals surface area (Å²) >= 11 is 0. The molecule has 0 radical (unpaired) electrons. The van der Waals surface area contributed by atoms with Gasteiger partial charge in [0.05, 0.1) is 11.9 Å². The van der Waals surface area contributed by atoms with E-state index in [4.69, 9.17) is 9.47 Å². The highest BCUT2D eigenvalue weighted by Gasteiger charge is 2.32. The molecule has 3 aromatic rings. The third-order valence-electron chi connectivity index (χ3n) is 6.42. The van der Waals surface area contributed by atoms with Gasteiger partial charge in [0.15, 0.2) is 0 Å². The number of anilines is 1. The van der Waals surface area contributed by atoms with Gasteiger partial charge in [-0.25, -0.2) is 9.18 Å². The second-order valence-electron chi connectivity index (χ2n) is 9.23. The van der Waals surface area contributed by atoms with Crippen LogP contribution in [0.4, 0.5) is 14.9 Å². The Balaban J connectivity index is 1.24. The van der Waals surface area contributed by atoms with Gasteiger partial charge in [-0.3, -0.25) is 4.79 Å². The molecule has 2 atom stereocenters. The van der Waals surface area contributed by atoms with Crippen molar-refractivity contribution in [3.8, 4) is 11.5 Å². The molecular weight excluding hydrogens is 465 g/mol. The molecule has 5 rings (SSSR count). The van der Waals surface area contributed by atoms with E-state index >= 15 is 0 Å². The van der Waals surface area contributed by atoms with Crippen LogP contribution in [0.3, 0.4) is 0 Å². The molecule has 10 heteroatoms. The number of ether oxygens (including phenoxy) is 2. The van der Waals surface area contributed by atoms with Crippen molar-refractivity contribution in [3.05, 3.63) is 71.8 Å². The lowest BCUT2D eigenvalue weighted by atomic mass is 10.1. The van der Waals surface area contributed by atoms with E-state index in [1.807, 2.05) is 6.07 Å². The molecule has 1 N–H and O–H groups in total. The van der Waals surface area contributed by atoms with Crippen molar-refractivity contribution in [2.45, 2.75) is 25.0 Å². The number of carbonyl (C=O) groups excluding carboxylic acids is 2. The van der Waals surface area contributed by atoms with E-state index in [1.165, 1.54) is 17.0 Å². The summed E-state index contributed by atoms with van der Waals surface area (Å²) in [6.45, 7) is 1.82. The number of carbonyl (C=O) groups is 2. The van der Waals surface area contributed by atoms with E-state index in [-0.39, 0.29) is 24.4 Å². The fourth-order valence-electron chi connectivity index (χ4n) is 4.50. The van der Waals surface area contributed by atoms with Crippen LogP contribution < -0.4 is 19.7 Å². The summed E-state index contributed by atoms with van der Waals surface area (Å²) < 4.78 is 26.5. The first-order valence-electron chi connectivity index (χ1n) is 11.8. The standard InChI is InChI=1S/C26H28FN5O4/c1-30-9-8-21(15-30)36-20-6-7-24-23(12-20)31(2)25(33)22(16-35-24)29-26(34)32-14-18(13-28-32)10-17-4-3-5-19(27)11-17/h3-7,11-14,21-22H,8-10,15-16H2,1-2H3,(H,29,34)/t21-,22+/m1/s1. The van der Waals surface area contributed by atoms with Crippen LogP contribution in [0.1, 0.15) is 17.5 Å². The predicted octanol–water partition coefficient (Wildman–Crippen LogP) is 2.68. The Morgan fingerprint density at radius 1 is 1.22 bits per heavy atom.